The lowest BCUT2D eigenvalue weighted by Crippen LogP contribution is -2.44. The highest BCUT2D eigenvalue weighted by Gasteiger charge is 2.22. The van der Waals surface area contributed by atoms with E-state index in [1.54, 1.807) is 0 Å². The molecule has 0 radical (unpaired) electrons. The molecule has 0 saturated heterocycles. The van der Waals surface area contributed by atoms with Gasteiger partial charge in [-0.1, -0.05) is 221 Å². The van der Waals surface area contributed by atoms with Crippen LogP contribution in [0.15, 0.2) is 85.1 Å². The molecule has 408 valence electrons. The molecule has 0 spiro atoms. The molecule has 0 aromatic rings. The van der Waals surface area contributed by atoms with Crippen LogP contribution in [0.5, 0.6) is 0 Å². The number of carbonyl (C=O) groups is 3. The van der Waals surface area contributed by atoms with Crippen LogP contribution in [0.25, 0.3) is 0 Å². The second-order valence-electron chi connectivity index (χ2n) is 20.2. The molecule has 71 heavy (non-hydrogen) atoms. The number of unbranched alkanes of at least 4 members (excludes halogenated alkanes) is 23. The fourth-order valence-electron chi connectivity index (χ4n) is 7.70. The zero-order valence-electron chi connectivity index (χ0n) is 46.3. The van der Waals surface area contributed by atoms with Crippen molar-refractivity contribution in [3.8, 4) is 0 Å². The van der Waals surface area contributed by atoms with Crippen molar-refractivity contribution in [1.29, 1.82) is 0 Å². The lowest BCUT2D eigenvalue weighted by molar-refractivity contribution is -0.870. The summed E-state index contributed by atoms with van der Waals surface area (Å²) in [4.78, 5) is 37.1. The van der Waals surface area contributed by atoms with Crippen LogP contribution >= 0.6 is 0 Å². The molecule has 0 aromatic carbocycles. The third-order valence-corrected chi connectivity index (χ3v) is 12.1. The summed E-state index contributed by atoms with van der Waals surface area (Å²) in [5.41, 5.74) is 0. The van der Waals surface area contributed by atoms with Crippen LogP contribution in [-0.2, 0) is 33.3 Å². The van der Waals surface area contributed by atoms with Crippen molar-refractivity contribution >= 4 is 17.9 Å². The van der Waals surface area contributed by atoms with Crippen LogP contribution in [0.3, 0.4) is 0 Å². The summed E-state index contributed by atoms with van der Waals surface area (Å²) >= 11 is 0. The maximum atomic E-state index is 12.8. The lowest BCUT2D eigenvalue weighted by atomic mass is 10.0. The van der Waals surface area contributed by atoms with Crippen molar-refractivity contribution < 1.29 is 42.9 Å². The monoisotopic (exact) mass is 994 g/mol. The maximum Gasteiger partial charge on any atom is 0.306 e. The molecule has 0 aromatic heterocycles. The summed E-state index contributed by atoms with van der Waals surface area (Å²) in [6, 6.07) is 0. The first-order valence-electron chi connectivity index (χ1n) is 28.7. The van der Waals surface area contributed by atoms with Gasteiger partial charge >= 0.3 is 11.9 Å². The van der Waals surface area contributed by atoms with Gasteiger partial charge in [0.05, 0.1) is 40.3 Å². The van der Waals surface area contributed by atoms with Crippen LogP contribution < -0.4 is 5.11 Å². The molecule has 0 amide bonds. The van der Waals surface area contributed by atoms with Crippen molar-refractivity contribution in [2.24, 2.45) is 0 Å². The van der Waals surface area contributed by atoms with Crippen molar-refractivity contribution in [3.63, 3.8) is 0 Å². The van der Waals surface area contributed by atoms with Gasteiger partial charge in [0.15, 0.2) is 12.4 Å². The number of quaternary nitrogens is 1. The lowest BCUT2D eigenvalue weighted by Gasteiger charge is -2.26. The van der Waals surface area contributed by atoms with Gasteiger partial charge in [-0.2, -0.15) is 0 Å². The molecule has 0 bridgehead atoms. The summed E-state index contributed by atoms with van der Waals surface area (Å²) in [5, 5.41) is 11.7. The molecular formula is C62H107NO8. The van der Waals surface area contributed by atoms with Crippen molar-refractivity contribution in [3.05, 3.63) is 85.1 Å². The Bertz CT molecular complexity index is 1440. The highest BCUT2D eigenvalue weighted by Crippen LogP contribution is 2.16. The van der Waals surface area contributed by atoms with Crippen LogP contribution in [0, 0.1) is 0 Å². The fourth-order valence-corrected chi connectivity index (χ4v) is 7.70. The summed E-state index contributed by atoms with van der Waals surface area (Å²) in [6.07, 6.45) is 66.5. The molecule has 0 aliphatic rings. The Hall–Kier alpha value is -3.53. The molecule has 0 aliphatic heterocycles. The average Bonchev–Trinajstić information content (AvgIpc) is 3.34. The minimum Gasteiger partial charge on any atom is -0.545 e. The highest BCUT2D eigenvalue weighted by atomic mass is 16.7. The predicted octanol–water partition coefficient (Wildman–Crippen LogP) is 15.5. The number of aliphatic carboxylic acids is 1. The van der Waals surface area contributed by atoms with Crippen LogP contribution in [0.2, 0.25) is 0 Å². The predicted molar refractivity (Wildman–Crippen MR) is 297 cm³/mol. The number of esters is 2. The van der Waals surface area contributed by atoms with E-state index in [-0.39, 0.29) is 38.6 Å². The Labute approximate surface area is 436 Å². The second kappa shape index (κ2) is 52.8. The molecule has 0 rings (SSSR count). The van der Waals surface area contributed by atoms with Crippen LogP contribution in [-0.4, -0.2) is 82.3 Å². The highest BCUT2D eigenvalue weighted by molar-refractivity contribution is 5.70. The first kappa shape index (κ1) is 67.5. The number of carboxylic acid groups (broad SMARTS) is 1. The summed E-state index contributed by atoms with van der Waals surface area (Å²) in [6.45, 7) is 4.58. The van der Waals surface area contributed by atoms with Crippen molar-refractivity contribution in [1.82, 2.24) is 0 Å². The number of nitrogens with zero attached hydrogens (tertiary/aromatic N) is 1. The number of carboxylic acids is 1. The van der Waals surface area contributed by atoms with Gasteiger partial charge in [-0.15, -0.1) is 0 Å². The molecule has 0 saturated carbocycles. The minimum absolute atomic E-state index is 0.145. The number of hydrogen-bond acceptors (Lipinski definition) is 8. The fraction of sp³-hybridized carbons (Fsp3) is 0.726. The Morgan fingerprint density at radius 3 is 1.21 bits per heavy atom. The van der Waals surface area contributed by atoms with Gasteiger partial charge in [0.2, 0.25) is 0 Å². The van der Waals surface area contributed by atoms with E-state index in [2.05, 4.69) is 98.9 Å². The smallest absolute Gasteiger partial charge is 0.306 e. The first-order valence-corrected chi connectivity index (χ1v) is 28.7. The molecule has 0 fully saturated rings. The Morgan fingerprint density at radius 1 is 0.437 bits per heavy atom. The van der Waals surface area contributed by atoms with Gasteiger partial charge in [-0.3, -0.25) is 9.59 Å². The molecule has 2 unspecified atom stereocenters. The third kappa shape index (κ3) is 54.1. The van der Waals surface area contributed by atoms with Gasteiger partial charge in [-0.05, 0) is 83.5 Å². The molecule has 2 atom stereocenters. The van der Waals surface area contributed by atoms with E-state index in [1.165, 1.54) is 96.3 Å². The zero-order chi connectivity index (χ0) is 52.0. The van der Waals surface area contributed by atoms with E-state index in [4.69, 9.17) is 18.9 Å². The number of carbonyl (C=O) groups excluding carboxylic acids is 3. The number of allylic oxidation sites excluding steroid dienone is 14. The van der Waals surface area contributed by atoms with Crippen LogP contribution in [0.1, 0.15) is 232 Å². The maximum absolute atomic E-state index is 12.8. The molecule has 9 heteroatoms. The molecule has 9 nitrogen and oxygen atoms in total. The van der Waals surface area contributed by atoms with Gasteiger partial charge in [0.1, 0.15) is 13.2 Å². The Morgan fingerprint density at radius 2 is 0.803 bits per heavy atom. The zero-order valence-corrected chi connectivity index (χ0v) is 46.3. The van der Waals surface area contributed by atoms with E-state index in [1.807, 2.05) is 21.1 Å². The number of hydrogen-bond donors (Lipinski definition) is 0. The Kier molecular flexibility index (Phi) is 50.2. The third-order valence-electron chi connectivity index (χ3n) is 12.1. The summed E-state index contributed by atoms with van der Waals surface area (Å²) < 4.78 is 22.6. The van der Waals surface area contributed by atoms with E-state index < -0.39 is 24.3 Å². The summed E-state index contributed by atoms with van der Waals surface area (Å²) in [7, 11) is 5.91. The normalized spacial score (nSPS) is 13.4. The van der Waals surface area contributed by atoms with E-state index >= 15 is 0 Å². The van der Waals surface area contributed by atoms with E-state index in [0.29, 0.717) is 17.4 Å². The molecule has 0 aliphatic carbocycles. The number of likely N-dealkylation sites (N-methyl/N-ethyl adjacent to an activating group) is 1. The Balaban J connectivity index is 4.06. The largest absolute Gasteiger partial charge is 0.545 e. The van der Waals surface area contributed by atoms with Gasteiger partial charge < -0.3 is 33.3 Å². The van der Waals surface area contributed by atoms with Gasteiger partial charge in [0.25, 0.3) is 0 Å². The number of rotatable bonds is 52. The van der Waals surface area contributed by atoms with Gasteiger partial charge in [0, 0.05) is 12.8 Å². The molecule has 0 heterocycles. The molecular weight excluding hydrogens is 887 g/mol. The number of ether oxygens (including phenoxy) is 4. The van der Waals surface area contributed by atoms with E-state index in [0.717, 1.165) is 103 Å². The summed E-state index contributed by atoms with van der Waals surface area (Å²) in [5.74, 6) is -2.30. The average molecular weight is 995 g/mol. The molecule has 0 N–H and O–H groups in total. The SMILES string of the molecule is CC/C=C\C/C=C\C/C=C\C/C=C\C/C=C\C/C=C\CCCCCCCCCCCCCCCCCCC(=O)OC(COC(=O)CCCCCCC/C=C\CCCC)COC(OCC[N+](C)(C)C)C(=O)[O-]. The van der Waals surface area contributed by atoms with Crippen molar-refractivity contribution in [2.45, 2.75) is 245 Å². The second-order valence-corrected chi connectivity index (χ2v) is 20.2. The van der Waals surface area contributed by atoms with Crippen LogP contribution in [0.4, 0.5) is 0 Å². The quantitative estimate of drug-likeness (QED) is 0.0195. The van der Waals surface area contributed by atoms with E-state index in [9.17, 15) is 19.5 Å². The standard InChI is InChI=1S/C62H107NO8/c1-6-8-10-12-14-16-18-19-20-21-22-23-24-25-26-27-28-29-30-31-32-33-34-35-36-37-38-39-40-41-43-45-47-49-51-53-60(65)71-58(57-70-62(61(66)67)68-55-54-63(3,4)5)56-69-59(64)52-50-48-46-44-42-17-15-13-11-9-7-2/h8,10,13-16,19-20,22-23,25-26,28-29,58,62H,6-7,9,11-12,17-18,21,24,27,30-57H2,1-5H3/b10-8-,15-13-,16-14-,20-19-,23-22-,26-25-,29-28-. The first-order chi connectivity index (χ1) is 34.6. The van der Waals surface area contributed by atoms with Gasteiger partial charge in [-0.25, -0.2) is 0 Å². The topological polar surface area (TPSA) is 111 Å². The van der Waals surface area contributed by atoms with Crippen molar-refractivity contribution in [2.75, 3.05) is 47.5 Å². The minimum atomic E-state index is -1.62.